The van der Waals surface area contributed by atoms with Gasteiger partial charge in [0.25, 0.3) is 0 Å². The van der Waals surface area contributed by atoms with E-state index >= 15 is 0 Å². The average molecular weight is 317 g/mol. The fraction of sp³-hybridized carbons (Fsp3) is 0.600. The van der Waals surface area contributed by atoms with Crippen LogP contribution in [0.1, 0.15) is 24.4 Å². The molecule has 0 aromatic heterocycles. The number of hydrogen-bond donors (Lipinski definition) is 1. The maximum Gasteiger partial charge on any atom is 0.0502 e. The zero-order chi connectivity index (χ0) is 14.5. The number of nitrogens with zero attached hydrogens (tertiary/aromatic N) is 1. The quantitative estimate of drug-likeness (QED) is 0.905. The second-order valence-corrected chi connectivity index (χ2v) is 6.22. The van der Waals surface area contributed by atoms with Crippen LogP contribution in [0.25, 0.3) is 0 Å². The Morgan fingerprint density at radius 1 is 1.45 bits per heavy atom. The molecule has 2 rings (SSSR count). The lowest BCUT2D eigenvalue weighted by molar-refractivity contribution is 0.0697. The van der Waals surface area contributed by atoms with Gasteiger partial charge in [0.15, 0.2) is 0 Å². The minimum atomic E-state index is 0.152. The van der Waals surface area contributed by atoms with Crippen molar-refractivity contribution in [3.05, 3.63) is 33.8 Å². The summed E-state index contributed by atoms with van der Waals surface area (Å²) in [5, 5.41) is 1.35. The summed E-state index contributed by atoms with van der Waals surface area (Å²) < 4.78 is 5.29. The van der Waals surface area contributed by atoms with Crippen LogP contribution in [0.15, 0.2) is 18.2 Å². The van der Waals surface area contributed by atoms with Crippen molar-refractivity contribution in [3.63, 3.8) is 0 Å². The standard InChI is InChI=1S/C15H22Cl2N2O/c1-20-10-11-3-2-6-19(9-11)15(8-18)13-5-4-12(16)7-14(13)17/h4-5,7,11,15H,2-3,6,8-10,18H2,1H3. The van der Waals surface area contributed by atoms with E-state index in [0.717, 1.165) is 25.3 Å². The number of halogens is 2. The van der Waals surface area contributed by atoms with Crippen molar-refractivity contribution >= 4 is 23.2 Å². The molecule has 20 heavy (non-hydrogen) atoms. The summed E-state index contributed by atoms with van der Waals surface area (Å²) in [6.07, 6.45) is 2.39. The van der Waals surface area contributed by atoms with Gasteiger partial charge in [0.2, 0.25) is 0 Å². The van der Waals surface area contributed by atoms with Gasteiger partial charge in [-0.1, -0.05) is 29.3 Å². The Labute approximate surface area is 131 Å². The molecule has 2 unspecified atom stereocenters. The van der Waals surface area contributed by atoms with Gasteiger partial charge in [-0.2, -0.15) is 0 Å². The van der Waals surface area contributed by atoms with Gasteiger partial charge in [-0.3, -0.25) is 4.90 Å². The summed E-state index contributed by atoms with van der Waals surface area (Å²) in [5.74, 6) is 0.578. The fourth-order valence-corrected chi connectivity index (χ4v) is 3.53. The monoisotopic (exact) mass is 316 g/mol. The number of ether oxygens (including phenoxy) is 1. The summed E-state index contributed by atoms with van der Waals surface area (Å²) in [7, 11) is 1.76. The van der Waals surface area contributed by atoms with Gasteiger partial charge in [0.1, 0.15) is 0 Å². The molecular weight excluding hydrogens is 295 g/mol. The van der Waals surface area contributed by atoms with Crippen molar-refractivity contribution in [1.29, 1.82) is 0 Å². The number of likely N-dealkylation sites (tertiary alicyclic amines) is 1. The Balaban J connectivity index is 2.14. The molecule has 2 N–H and O–H groups in total. The lowest BCUT2D eigenvalue weighted by atomic mass is 9.95. The van der Waals surface area contributed by atoms with E-state index < -0.39 is 0 Å². The minimum absolute atomic E-state index is 0.152. The van der Waals surface area contributed by atoms with Crippen LogP contribution in [0.5, 0.6) is 0 Å². The Morgan fingerprint density at radius 3 is 2.90 bits per heavy atom. The third-order valence-electron chi connectivity index (χ3n) is 3.94. The number of rotatable bonds is 5. The van der Waals surface area contributed by atoms with E-state index in [4.69, 9.17) is 33.7 Å². The number of benzene rings is 1. The second-order valence-electron chi connectivity index (χ2n) is 5.38. The summed E-state index contributed by atoms with van der Waals surface area (Å²) in [5.41, 5.74) is 7.06. The van der Waals surface area contributed by atoms with E-state index in [9.17, 15) is 0 Å². The predicted octanol–water partition coefficient (Wildman–Crippen LogP) is 3.35. The topological polar surface area (TPSA) is 38.5 Å². The molecule has 0 aliphatic carbocycles. The Morgan fingerprint density at radius 2 is 2.25 bits per heavy atom. The zero-order valence-corrected chi connectivity index (χ0v) is 13.3. The molecule has 5 heteroatoms. The Hall–Kier alpha value is -0.320. The van der Waals surface area contributed by atoms with Gasteiger partial charge in [0, 0.05) is 36.3 Å². The van der Waals surface area contributed by atoms with E-state index in [1.54, 1.807) is 13.2 Å². The van der Waals surface area contributed by atoms with Crippen LogP contribution in [0.4, 0.5) is 0 Å². The second kappa shape index (κ2) is 7.62. The first-order chi connectivity index (χ1) is 9.65. The highest BCUT2D eigenvalue weighted by atomic mass is 35.5. The molecule has 1 aromatic rings. The van der Waals surface area contributed by atoms with Crippen molar-refractivity contribution in [2.75, 3.05) is 33.4 Å². The van der Waals surface area contributed by atoms with Crippen molar-refractivity contribution in [2.24, 2.45) is 11.7 Å². The summed E-state index contributed by atoms with van der Waals surface area (Å²) in [6, 6.07) is 5.81. The van der Waals surface area contributed by atoms with E-state index in [2.05, 4.69) is 4.90 Å². The van der Waals surface area contributed by atoms with Crippen LogP contribution >= 0.6 is 23.2 Å². The number of methoxy groups -OCH3 is 1. The highest BCUT2D eigenvalue weighted by Crippen LogP contribution is 2.32. The van der Waals surface area contributed by atoms with Crippen molar-refractivity contribution in [3.8, 4) is 0 Å². The molecule has 1 aromatic carbocycles. The molecule has 0 radical (unpaired) electrons. The first kappa shape index (κ1) is 16.1. The number of hydrogen-bond acceptors (Lipinski definition) is 3. The number of nitrogens with two attached hydrogens (primary N) is 1. The molecular formula is C15H22Cl2N2O. The fourth-order valence-electron chi connectivity index (χ4n) is 3.00. The summed E-state index contributed by atoms with van der Waals surface area (Å²) in [4.78, 5) is 2.42. The van der Waals surface area contributed by atoms with Crippen LogP contribution in [0.2, 0.25) is 10.0 Å². The number of piperidine rings is 1. The predicted molar refractivity (Wildman–Crippen MR) is 84.4 cm³/mol. The Bertz CT molecular complexity index is 440. The van der Waals surface area contributed by atoms with Gasteiger partial charge in [-0.05, 0) is 43.0 Å². The van der Waals surface area contributed by atoms with E-state index in [-0.39, 0.29) is 6.04 Å². The first-order valence-electron chi connectivity index (χ1n) is 7.03. The average Bonchev–Trinajstić information content (AvgIpc) is 2.43. The molecule has 1 heterocycles. The van der Waals surface area contributed by atoms with Crippen molar-refractivity contribution in [2.45, 2.75) is 18.9 Å². The molecule has 3 nitrogen and oxygen atoms in total. The molecule has 1 fully saturated rings. The maximum absolute atomic E-state index is 6.33. The van der Waals surface area contributed by atoms with Gasteiger partial charge < -0.3 is 10.5 Å². The van der Waals surface area contributed by atoms with Crippen LogP contribution in [0, 0.1) is 5.92 Å². The highest BCUT2D eigenvalue weighted by Gasteiger charge is 2.27. The van der Waals surface area contributed by atoms with Gasteiger partial charge in [-0.15, -0.1) is 0 Å². The normalized spacial score (nSPS) is 21.9. The molecule has 1 aliphatic heterocycles. The highest BCUT2D eigenvalue weighted by molar-refractivity contribution is 6.35. The van der Waals surface area contributed by atoms with Gasteiger partial charge >= 0.3 is 0 Å². The molecule has 1 saturated heterocycles. The smallest absolute Gasteiger partial charge is 0.0502 e. The maximum atomic E-state index is 6.33. The van der Waals surface area contributed by atoms with E-state index in [1.807, 2.05) is 12.1 Å². The molecule has 0 saturated carbocycles. The molecule has 0 amide bonds. The van der Waals surface area contributed by atoms with Crippen LogP contribution in [-0.2, 0) is 4.74 Å². The first-order valence-corrected chi connectivity index (χ1v) is 7.79. The zero-order valence-electron chi connectivity index (χ0n) is 11.8. The van der Waals surface area contributed by atoms with E-state index in [1.165, 1.54) is 12.8 Å². The lowest BCUT2D eigenvalue weighted by Gasteiger charge is -2.38. The molecule has 0 bridgehead atoms. The lowest BCUT2D eigenvalue weighted by Crippen LogP contribution is -2.42. The molecule has 2 atom stereocenters. The van der Waals surface area contributed by atoms with E-state index in [0.29, 0.717) is 22.5 Å². The van der Waals surface area contributed by atoms with Crippen LogP contribution in [0.3, 0.4) is 0 Å². The largest absolute Gasteiger partial charge is 0.384 e. The van der Waals surface area contributed by atoms with Crippen LogP contribution in [-0.4, -0.2) is 38.3 Å². The molecule has 0 spiro atoms. The van der Waals surface area contributed by atoms with Gasteiger partial charge in [0.05, 0.1) is 6.61 Å². The SMILES string of the molecule is COCC1CCCN(C(CN)c2ccc(Cl)cc2Cl)C1. The molecule has 1 aliphatic rings. The minimum Gasteiger partial charge on any atom is -0.384 e. The van der Waals surface area contributed by atoms with Crippen molar-refractivity contribution in [1.82, 2.24) is 4.90 Å². The third kappa shape index (κ3) is 3.86. The van der Waals surface area contributed by atoms with Gasteiger partial charge in [-0.25, -0.2) is 0 Å². The van der Waals surface area contributed by atoms with Crippen LogP contribution < -0.4 is 5.73 Å². The summed E-state index contributed by atoms with van der Waals surface area (Å²) in [6.45, 7) is 3.43. The van der Waals surface area contributed by atoms with Crippen molar-refractivity contribution < 1.29 is 4.74 Å². The Kier molecular flexibility index (Phi) is 6.12. The third-order valence-corrected chi connectivity index (χ3v) is 4.50. The molecule has 112 valence electrons. The summed E-state index contributed by atoms with van der Waals surface area (Å²) >= 11 is 12.3.